The van der Waals surface area contributed by atoms with Crippen molar-refractivity contribution in [2.24, 2.45) is 5.73 Å². The van der Waals surface area contributed by atoms with Crippen molar-refractivity contribution < 1.29 is 0 Å². The van der Waals surface area contributed by atoms with Gasteiger partial charge in [-0.1, -0.05) is 22.0 Å². The molecule has 0 unspecified atom stereocenters. The maximum Gasteiger partial charge on any atom is 0.0397 e. The monoisotopic (exact) mass is 338 g/mol. The number of likely N-dealkylation sites (N-methyl/N-ethyl adjacent to an activating group) is 1. The number of halogens is 1. The van der Waals surface area contributed by atoms with Crippen LogP contribution in [0.15, 0.2) is 40.2 Å². The maximum atomic E-state index is 5.70. The summed E-state index contributed by atoms with van der Waals surface area (Å²) >= 11 is 5.35. The van der Waals surface area contributed by atoms with Gasteiger partial charge in [-0.15, -0.1) is 11.3 Å². The molecule has 1 heterocycles. The van der Waals surface area contributed by atoms with Crippen LogP contribution in [0.1, 0.15) is 10.4 Å². The molecule has 19 heavy (non-hydrogen) atoms. The fraction of sp³-hybridized carbons (Fsp3) is 0.333. The van der Waals surface area contributed by atoms with E-state index in [-0.39, 0.29) is 0 Å². The van der Waals surface area contributed by atoms with Crippen LogP contribution >= 0.6 is 27.3 Å². The van der Waals surface area contributed by atoms with Crippen molar-refractivity contribution in [2.45, 2.75) is 12.8 Å². The zero-order chi connectivity index (χ0) is 13.7. The van der Waals surface area contributed by atoms with Crippen LogP contribution in [-0.4, -0.2) is 20.1 Å². The average molecular weight is 339 g/mol. The minimum Gasteiger partial charge on any atom is -0.374 e. The first kappa shape index (κ1) is 14.6. The standard InChI is InChI=1S/C15H19BrN2S/c1-18(9-7-14-3-2-10-19-14)15-5-4-13(16)11-12(15)6-8-17/h2-5,10-11H,6-9,17H2,1H3. The van der Waals surface area contributed by atoms with Crippen molar-refractivity contribution in [1.82, 2.24) is 0 Å². The van der Waals surface area contributed by atoms with E-state index in [0.717, 1.165) is 23.9 Å². The quantitative estimate of drug-likeness (QED) is 0.870. The normalized spacial score (nSPS) is 10.7. The van der Waals surface area contributed by atoms with Gasteiger partial charge in [0.25, 0.3) is 0 Å². The average Bonchev–Trinajstić information content (AvgIpc) is 2.90. The van der Waals surface area contributed by atoms with Gasteiger partial charge in [0.2, 0.25) is 0 Å². The lowest BCUT2D eigenvalue weighted by Crippen LogP contribution is -2.22. The highest BCUT2D eigenvalue weighted by atomic mass is 79.9. The number of thiophene rings is 1. The van der Waals surface area contributed by atoms with Crippen LogP contribution in [0, 0.1) is 0 Å². The van der Waals surface area contributed by atoms with Crippen molar-refractivity contribution >= 4 is 33.0 Å². The summed E-state index contributed by atoms with van der Waals surface area (Å²) in [7, 11) is 2.15. The van der Waals surface area contributed by atoms with Gasteiger partial charge in [0.1, 0.15) is 0 Å². The maximum absolute atomic E-state index is 5.70. The summed E-state index contributed by atoms with van der Waals surface area (Å²) < 4.78 is 1.12. The van der Waals surface area contributed by atoms with Gasteiger partial charge in [0.05, 0.1) is 0 Å². The Bertz CT molecular complexity index is 511. The molecule has 2 nitrogen and oxygen atoms in total. The van der Waals surface area contributed by atoms with Crippen molar-refractivity contribution in [3.8, 4) is 0 Å². The fourth-order valence-corrected chi connectivity index (χ4v) is 3.24. The van der Waals surface area contributed by atoms with Gasteiger partial charge in [-0.2, -0.15) is 0 Å². The number of hydrogen-bond acceptors (Lipinski definition) is 3. The molecule has 0 fully saturated rings. The molecular formula is C15H19BrN2S. The van der Waals surface area contributed by atoms with Gasteiger partial charge in [-0.05, 0) is 54.6 Å². The predicted octanol–water partition coefficient (Wildman–Crippen LogP) is 3.69. The first-order valence-corrected chi connectivity index (χ1v) is 8.10. The lowest BCUT2D eigenvalue weighted by atomic mass is 10.1. The van der Waals surface area contributed by atoms with Gasteiger partial charge in [-0.3, -0.25) is 0 Å². The fourth-order valence-electron chi connectivity index (χ4n) is 2.14. The number of hydrogen-bond donors (Lipinski definition) is 1. The van der Waals surface area contributed by atoms with Gasteiger partial charge in [0.15, 0.2) is 0 Å². The zero-order valence-corrected chi connectivity index (χ0v) is 13.5. The molecule has 0 aliphatic heterocycles. The lowest BCUT2D eigenvalue weighted by Gasteiger charge is -2.22. The summed E-state index contributed by atoms with van der Waals surface area (Å²) in [5.74, 6) is 0. The minimum absolute atomic E-state index is 0.683. The van der Waals surface area contributed by atoms with Gasteiger partial charge in [0, 0.05) is 28.6 Å². The predicted molar refractivity (Wildman–Crippen MR) is 88.2 cm³/mol. The summed E-state index contributed by atoms with van der Waals surface area (Å²) in [6.45, 7) is 1.71. The van der Waals surface area contributed by atoms with Crippen LogP contribution in [0.5, 0.6) is 0 Å². The molecule has 0 radical (unpaired) electrons. The van der Waals surface area contributed by atoms with E-state index in [4.69, 9.17) is 5.73 Å². The topological polar surface area (TPSA) is 29.3 Å². The van der Waals surface area contributed by atoms with Crippen LogP contribution in [0.4, 0.5) is 5.69 Å². The van der Waals surface area contributed by atoms with Crippen LogP contribution in [0.3, 0.4) is 0 Å². The van der Waals surface area contributed by atoms with Crippen molar-refractivity contribution in [3.05, 3.63) is 50.6 Å². The molecule has 0 bridgehead atoms. The van der Waals surface area contributed by atoms with E-state index in [1.165, 1.54) is 16.1 Å². The highest BCUT2D eigenvalue weighted by Crippen LogP contribution is 2.24. The number of anilines is 1. The Balaban J connectivity index is 2.07. The molecule has 102 valence electrons. The molecule has 4 heteroatoms. The first-order valence-electron chi connectivity index (χ1n) is 6.42. The van der Waals surface area contributed by atoms with E-state index in [1.54, 1.807) is 0 Å². The summed E-state index contributed by atoms with van der Waals surface area (Å²) in [6, 6.07) is 10.7. The molecule has 0 saturated carbocycles. The molecule has 0 spiro atoms. The molecule has 0 aliphatic rings. The van der Waals surface area contributed by atoms with Crippen LogP contribution < -0.4 is 10.6 Å². The van der Waals surface area contributed by atoms with Gasteiger partial charge >= 0.3 is 0 Å². The molecule has 0 atom stereocenters. The third-order valence-corrected chi connectivity index (χ3v) is 4.57. The second-order valence-corrected chi connectivity index (χ2v) is 6.51. The van der Waals surface area contributed by atoms with E-state index >= 15 is 0 Å². The largest absolute Gasteiger partial charge is 0.374 e. The van der Waals surface area contributed by atoms with Gasteiger partial charge in [-0.25, -0.2) is 0 Å². The van der Waals surface area contributed by atoms with Gasteiger partial charge < -0.3 is 10.6 Å². The number of benzene rings is 1. The molecule has 0 aliphatic carbocycles. The smallest absolute Gasteiger partial charge is 0.0397 e. The molecule has 1 aromatic carbocycles. The molecule has 0 saturated heterocycles. The second-order valence-electron chi connectivity index (χ2n) is 4.56. The summed E-state index contributed by atoms with van der Waals surface area (Å²) in [4.78, 5) is 3.75. The van der Waals surface area contributed by atoms with Crippen LogP contribution in [-0.2, 0) is 12.8 Å². The third kappa shape index (κ3) is 4.06. The zero-order valence-electron chi connectivity index (χ0n) is 11.1. The number of nitrogens with zero attached hydrogens (tertiary/aromatic N) is 1. The number of nitrogens with two attached hydrogens (primary N) is 1. The Morgan fingerprint density at radius 2 is 2.11 bits per heavy atom. The Labute approximate surface area is 127 Å². The number of rotatable bonds is 6. The Morgan fingerprint density at radius 1 is 1.26 bits per heavy atom. The van der Waals surface area contributed by atoms with E-state index in [0.29, 0.717) is 6.54 Å². The van der Waals surface area contributed by atoms with Crippen molar-refractivity contribution in [1.29, 1.82) is 0 Å². The van der Waals surface area contributed by atoms with Crippen molar-refractivity contribution in [3.63, 3.8) is 0 Å². The van der Waals surface area contributed by atoms with Crippen LogP contribution in [0.25, 0.3) is 0 Å². The third-order valence-electron chi connectivity index (χ3n) is 3.14. The molecule has 2 N–H and O–H groups in total. The second kappa shape index (κ2) is 7.08. The lowest BCUT2D eigenvalue weighted by molar-refractivity contribution is 0.869. The van der Waals surface area contributed by atoms with E-state index in [9.17, 15) is 0 Å². The summed E-state index contributed by atoms with van der Waals surface area (Å²) in [6.07, 6.45) is 2.00. The highest BCUT2D eigenvalue weighted by molar-refractivity contribution is 9.10. The molecule has 2 rings (SSSR count). The van der Waals surface area contributed by atoms with E-state index in [2.05, 4.69) is 63.6 Å². The van der Waals surface area contributed by atoms with E-state index < -0.39 is 0 Å². The molecule has 0 amide bonds. The van der Waals surface area contributed by atoms with Crippen molar-refractivity contribution in [2.75, 3.05) is 25.0 Å². The summed E-state index contributed by atoms with van der Waals surface area (Å²) in [5, 5.41) is 2.13. The Kier molecular flexibility index (Phi) is 5.43. The van der Waals surface area contributed by atoms with Crippen LogP contribution in [0.2, 0.25) is 0 Å². The molecular weight excluding hydrogens is 320 g/mol. The molecule has 1 aromatic heterocycles. The Hall–Kier alpha value is -0.840. The van der Waals surface area contributed by atoms with E-state index in [1.807, 2.05) is 11.3 Å². The summed E-state index contributed by atoms with van der Waals surface area (Å²) in [5.41, 5.74) is 8.29. The SMILES string of the molecule is CN(CCc1cccs1)c1ccc(Br)cc1CCN. The minimum atomic E-state index is 0.683. The Morgan fingerprint density at radius 3 is 2.79 bits per heavy atom. The molecule has 2 aromatic rings. The first-order chi connectivity index (χ1) is 9.20. The highest BCUT2D eigenvalue weighted by Gasteiger charge is 2.08.